The predicted molar refractivity (Wildman–Crippen MR) is 130 cm³/mol. The fourth-order valence-electron chi connectivity index (χ4n) is 3.47. The number of carbonyl (C=O) groups excluding carboxylic acids is 2. The standard InChI is InChI=1S/C25H19N3O5S/c1-33-24(32)18-14-8-9-15-19(18)26-21(29)20-22(30)27(16-10-4-2-5-11-16)25(34)28(23(20)31)17-12-6-3-7-13-17/h2-15,30H,1H3,(H,26,29). The number of aromatic nitrogens is 2. The lowest BCUT2D eigenvalue weighted by atomic mass is 10.1. The monoisotopic (exact) mass is 473 g/mol. The summed E-state index contributed by atoms with van der Waals surface area (Å²) in [7, 11) is 1.22. The van der Waals surface area contributed by atoms with Gasteiger partial charge in [0.1, 0.15) is 0 Å². The fourth-order valence-corrected chi connectivity index (χ4v) is 3.86. The molecule has 0 aliphatic carbocycles. The van der Waals surface area contributed by atoms with Gasteiger partial charge in [0.15, 0.2) is 10.3 Å². The Kier molecular flexibility index (Phi) is 6.37. The van der Waals surface area contributed by atoms with Crippen LogP contribution in [0.3, 0.4) is 0 Å². The van der Waals surface area contributed by atoms with Gasteiger partial charge in [0.05, 0.1) is 29.7 Å². The predicted octanol–water partition coefficient (Wildman–Crippen LogP) is 4.10. The molecule has 1 heterocycles. The minimum absolute atomic E-state index is 0.0218. The highest BCUT2D eigenvalue weighted by Gasteiger charge is 2.25. The summed E-state index contributed by atoms with van der Waals surface area (Å²) in [5, 5.41) is 13.6. The molecule has 0 bridgehead atoms. The van der Waals surface area contributed by atoms with Crippen molar-refractivity contribution in [3.8, 4) is 17.3 Å². The zero-order chi connectivity index (χ0) is 24.2. The first kappa shape index (κ1) is 22.7. The Balaban J connectivity index is 1.95. The summed E-state index contributed by atoms with van der Waals surface area (Å²) in [6.07, 6.45) is 0. The minimum atomic E-state index is -0.914. The van der Waals surface area contributed by atoms with Gasteiger partial charge in [0.25, 0.3) is 11.5 Å². The molecule has 0 aliphatic heterocycles. The zero-order valence-electron chi connectivity index (χ0n) is 18.0. The number of methoxy groups -OCH3 is 1. The number of rotatable bonds is 5. The molecule has 0 saturated heterocycles. The third-order valence-corrected chi connectivity index (χ3v) is 5.44. The average molecular weight is 474 g/mol. The Morgan fingerprint density at radius 1 is 0.853 bits per heavy atom. The third-order valence-electron chi connectivity index (χ3n) is 5.07. The van der Waals surface area contributed by atoms with Crippen LogP contribution in [0.4, 0.5) is 5.69 Å². The molecule has 0 atom stereocenters. The molecule has 170 valence electrons. The van der Waals surface area contributed by atoms with Crippen molar-refractivity contribution in [2.24, 2.45) is 0 Å². The molecule has 4 aromatic rings. The summed E-state index contributed by atoms with van der Waals surface area (Å²) in [4.78, 5) is 38.9. The van der Waals surface area contributed by atoms with Crippen LogP contribution < -0.4 is 10.9 Å². The molecule has 4 rings (SSSR count). The van der Waals surface area contributed by atoms with Gasteiger partial charge in [0.2, 0.25) is 5.88 Å². The summed E-state index contributed by atoms with van der Waals surface area (Å²) in [5.41, 5.74) is -0.255. The van der Waals surface area contributed by atoms with Crippen LogP contribution in [0, 0.1) is 4.77 Å². The number of esters is 1. The minimum Gasteiger partial charge on any atom is -0.493 e. The lowest BCUT2D eigenvalue weighted by Crippen LogP contribution is -2.32. The van der Waals surface area contributed by atoms with Crippen LogP contribution in [0.5, 0.6) is 5.88 Å². The average Bonchev–Trinajstić information content (AvgIpc) is 2.85. The van der Waals surface area contributed by atoms with Crippen molar-refractivity contribution in [1.29, 1.82) is 0 Å². The van der Waals surface area contributed by atoms with Crippen LogP contribution in [0.2, 0.25) is 0 Å². The van der Waals surface area contributed by atoms with E-state index in [1.807, 2.05) is 0 Å². The Hall–Kier alpha value is -4.50. The first-order chi connectivity index (χ1) is 16.4. The second kappa shape index (κ2) is 9.55. The number of hydrogen-bond donors (Lipinski definition) is 2. The molecule has 0 aliphatic rings. The Labute approximate surface area is 199 Å². The van der Waals surface area contributed by atoms with Gasteiger partial charge in [-0.05, 0) is 48.6 Å². The summed E-state index contributed by atoms with van der Waals surface area (Å²) in [5.74, 6) is -2.20. The highest BCUT2D eigenvalue weighted by Crippen LogP contribution is 2.24. The van der Waals surface area contributed by atoms with E-state index in [0.29, 0.717) is 11.4 Å². The highest BCUT2D eigenvalue weighted by atomic mass is 32.1. The van der Waals surface area contributed by atoms with Gasteiger partial charge < -0.3 is 15.2 Å². The summed E-state index contributed by atoms with van der Waals surface area (Å²) < 4.78 is 7.15. The summed E-state index contributed by atoms with van der Waals surface area (Å²) >= 11 is 5.55. The van der Waals surface area contributed by atoms with E-state index >= 15 is 0 Å². The van der Waals surface area contributed by atoms with Crippen LogP contribution in [0.1, 0.15) is 20.7 Å². The van der Waals surface area contributed by atoms with Crippen LogP contribution in [-0.4, -0.2) is 33.2 Å². The number of hydrogen-bond acceptors (Lipinski definition) is 6. The van der Waals surface area contributed by atoms with Gasteiger partial charge in [-0.2, -0.15) is 0 Å². The number of para-hydroxylation sites is 3. The molecule has 3 aromatic carbocycles. The largest absolute Gasteiger partial charge is 0.493 e. The lowest BCUT2D eigenvalue weighted by molar-refractivity contribution is 0.0602. The number of anilines is 1. The second-order valence-electron chi connectivity index (χ2n) is 7.12. The van der Waals surface area contributed by atoms with Crippen LogP contribution in [0.15, 0.2) is 89.7 Å². The highest BCUT2D eigenvalue weighted by molar-refractivity contribution is 7.71. The van der Waals surface area contributed by atoms with Crippen molar-refractivity contribution in [3.05, 3.63) is 111 Å². The molecular weight excluding hydrogens is 454 g/mol. The molecule has 0 radical (unpaired) electrons. The van der Waals surface area contributed by atoms with Gasteiger partial charge in [-0.15, -0.1) is 0 Å². The molecule has 8 nitrogen and oxygen atoms in total. The molecule has 0 unspecified atom stereocenters. The molecule has 34 heavy (non-hydrogen) atoms. The van der Waals surface area contributed by atoms with Gasteiger partial charge in [-0.25, -0.2) is 4.79 Å². The maximum atomic E-state index is 13.5. The van der Waals surface area contributed by atoms with Crippen LogP contribution >= 0.6 is 12.2 Å². The van der Waals surface area contributed by atoms with E-state index in [1.165, 1.54) is 28.4 Å². The number of nitrogens with zero attached hydrogens (tertiary/aromatic N) is 2. The number of aromatic hydroxyl groups is 1. The van der Waals surface area contributed by atoms with Crippen molar-refractivity contribution in [1.82, 2.24) is 9.13 Å². The number of benzene rings is 3. The molecule has 0 fully saturated rings. The van der Waals surface area contributed by atoms with Crippen LogP contribution in [-0.2, 0) is 4.74 Å². The summed E-state index contributed by atoms with van der Waals surface area (Å²) in [6, 6.07) is 23.4. The van der Waals surface area contributed by atoms with E-state index in [1.54, 1.807) is 72.8 Å². The lowest BCUT2D eigenvalue weighted by Gasteiger charge is -2.18. The van der Waals surface area contributed by atoms with Crippen molar-refractivity contribution < 1.29 is 19.4 Å². The van der Waals surface area contributed by atoms with E-state index < -0.39 is 28.9 Å². The van der Waals surface area contributed by atoms with Crippen molar-refractivity contribution in [2.75, 3.05) is 12.4 Å². The van der Waals surface area contributed by atoms with Crippen molar-refractivity contribution >= 4 is 29.8 Å². The molecule has 1 aromatic heterocycles. The normalized spacial score (nSPS) is 10.5. The molecule has 9 heteroatoms. The van der Waals surface area contributed by atoms with E-state index in [0.717, 1.165) is 0 Å². The first-order valence-corrected chi connectivity index (χ1v) is 10.6. The van der Waals surface area contributed by atoms with Gasteiger partial charge >= 0.3 is 5.97 Å². The van der Waals surface area contributed by atoms with Gasteiger partial charge in [0, 0.05) is 0 Å². The quantitative estimate of drug-likeness (QED) is 0.334. The van der Waals surface area contributed by atoms with Crippen LogP contribution in [0.25, 0.3) is 11.4 Å². The van der Waals surface area contributed by atoms with Crippen molar-refractivity contribution in [2.45, 2.75) is 0 Å². The maximum Gasteiger partial charge on any atom is 0.339 e. The smallest absolute Gasteiger partial charge is 0.339 e. The van der Waals surface area contributed by atoms with E-state index in [-0.39, 0.29) is 16.0 Å². The Morgan fingerprint density at radius 2 is 1.38 bits per heavy atom. The van der Waals surface area contributed by atoms with E-state index in [4.69, 9.17) is 17.0 Å². The maximum absolute atomic E-state index is 13.5. The number of nitrogens with one attached hydrogen (secondary N) is 1. The van der Waals surface area contributed by atoms with E-state index in [2.05, 4.69) is 5.32 Å². The van der Waals surface area contributed by atoms with Gasteiger partial charge in [-0.1, -0.05) is 48.5 Å². The Bertz CT molecular complexity index is 1490. The fraction of sp³-hybridized carbons (Fsp3) is 0.0400. The number of ether oxygens (including phenoxy) is 1. The molecule has 1 amide bonds. The van der Waals surface area contributed by atoms with E-state index in [9.17, 15) is 19.5 Å². The SMILES string of the molecule is COC(=O)c1ccccc1NC(=O)c1c(O)n(-c2ccccc2)c(=S)n(-c2ccccc2)c1=O. The third kappa shape index (κ3) is 4.12. The molecule has 2 N–H and O–H groups in total. The number of carbonyl (C=O) groups is 2. The van der Waals surface area contributed by atoms with Crippen molar-refractivity contribution in [3.63, 3.8) is 0 Å². The number of amides is 1. The molecule has 0 spiro atoms. The first-order valence-electron chi connectivity index (χ1n) is 10.1. The zero-order valence-corrected chi connectivity index (χ0v) is 18.8. The molecular formula is C25H19N3O5S. The second-order valence-corrected chi connectivity index (χ2v) is 7.48. The Morgan fingerprint density at radius 3 is 1.97 bits per heavy atom. The topological polar surface area (TPSA) is 103 Å². The van der Waals surface area contributed by atoms with Gasteiger partial charge in [-0.3, -0.25) is 18.7 Å². The summed E-state index contributed by atoms with van der Waals surface area (Å²) in [6.45, 7) is 0. The molecule has 0 saturated carbocycles.